The number of rotatable bonds is 5. The van der Waals surface area contributed by atoms with Crippen LogP contribution in [0.25, 0.3) is 16.2 Å². The molecule has 0 unspecified atom stereocenters. The normalized spacial score (nSPS) is 19.7. The molecule has 2 amide bonds. The number of amides is 2. The standard InChI is InChI=1S/C25H32FN7OS/c26-18-11-9-17(10-12-18)21-22(27-19-5-1-2-6-19)33-24(29-21)35-25(30-33)32-15-13-31(14-16-32)23(34)28-20-7-3-4-8-20/h9-12,19-20,27H,1-8,13-16H2,(H,28,34). The van der Waals surface area contributed by atoms with Gasteiger partial charge in [-0.25, -0.2) is 14.2 Å². The minimum atomic E-state index is -0.253. The molecule has 3 fully saturated rings. The van der Waals surface area contributed by atoms with Crippen molar-refractivity contribution < 1.29 is 9.18 Å². The van der Waals surface area contributed by atoms with Crippen LogP contribution >= 0.6 is 11.3 Å². The monoisotopic (exact) mass is 497 g/mol. The SMILES string of the molecule is O=C(NC1CCCC1)N1CCN(c2nn3c(NC4CCCC4)c(-c4ccc(F)cc4)nc3s2)CC1. The number of carbonyl (C=O) groups excluding carboxylic acids is 1. The predicted octanol–water partition coefficient (Wildman–Crippen LogP) is 4.73. The van der Waals surface area contributed by atoms with Gasteiger partial charge in [-0.15, -0.1) is 5.10 Å². The molecule has 0 atom stereocenters. The number of aromatic nitrogens is 3. The first kappa shape index (κ1) is 22.6. The van der Waals surface area contributed by atoms with Crippen LogP contribution in [-0.2, 0) is 0 Å². The van der Waals surface area contributed by atoms with Gasteiger partial charge in [-0.1, -0.05) is 37.0 Å². The van der Waals surface area contributed by atoms with Crippen LogP contribution in [0.3, 0.4) is 0 Å². The molecule has 0 radical (unpaired) electrons. The number of nitrogens with zero attached hydrogens (tertiary/aromatic N) is 5. The van der Waals surface area contributed by atoms with E-state index in [1.165, 1.54) is 37.8 Å². The van der Waals surface area contributed by atoms with Gasteiger partial charge in [0.15, 0.2) is 5.82 Å². The minimum Gasteiger partial charge on any atom is -0.365 e. The van der Waals surface area contributed by atoms with Crippen LogP contribution in [0.5, 0.6) is 0 Å². The zero-order chi connectivity index (χ0) is 23.8. The molecule has 0 spiro atoms. The van der Waals surface area contributed by atoms with Gasteiger partial charge in [0, 0.05) is 43.8 Å². The summed E-state index contributed by atoms with van der Waals surface area (Å²) in [5, 5.41) is 12.7. The van der Waals surface area contributed by atoms with Crippen LogP contribution in [0.15, 0.2) is 24.3 Å². The molecule has 10 heteroatoms. The van der Waals surface area contributed by atoms with Gasteiger partial charge >= 0.3 is 6.03 Å². The van der Waals surface area contributed by atoms with E-state index in [0.29, 0.717) is 25.2 Å². The quantitative estimate of drug-likeness (QED) is 0.533. The van der Waals surface area contributed by atoms with E-state index in [4.69, 9.17) is 10.1 Å². The highest BCUT2D eigenvalue weighted by Crippen LogP contribution is 2.35. The molecule has 2 N–H and O–H groups in total. The van der Waals surface area contributed by atoms with E-state index in [9.17, 15) is 9.18 Å². The van der Waals surface area contributed by atoms with Crippen molar-refractivity contribution in [1.82, 2.24) is 24.8 Å². The van der Waals surface area contributed by atoms with E-state index in [0.717, 1.165) is 65.9 Å². The molecule has 35 heavy (non-hydrogen) atoms. The Morgan fingerprint density at radius 2 is 1.60 bits per heavy atom. The third-order valence-corrected chi connectivity index (χ3v) is 8.50. The zero-order valence-corrected chi connectivity index (χ0v) is 20.7. The molecule has 6 rings (SSSR count). The number of piperazine rings is 1. The fourth-order valence-electron chi connectivity index (χ4n) is 5.51. The van der Waals surface area contributed by atoms with Gasteiger partial charge < -0.3 is 20.4 Å². The summed E-state index contributed by atoms with van der Waals surface area (Å²) in [6, 6.07) is 7.32. The molecular formula is C25H32FN7OS. The van der Waals surface area contributed by atoms with Crippen molar-refractivity contribution in [3.8, 4) is 11.3 Å². The van der Waals surface area contributed by atoms with Gasteiger partial charge in [-0.05, 0) is 49.9 Å². The average molecular weight is 498 g/mol. The number of hydrogen-bond donors (Lipinski definition) is 2. The summed E-state index contributed by atoms with van der Waals surface area (Å²) in [4.78, 5) is 22.5. The van der Waals surface area contributed by atoms with Crippen molar-refractivity contribution in [3.63, 3.8) is 0 Å². The molecule has 3 aliphatic rings. The molecule has 8 nitrogen and oxygen atoms in total. The first-order valence-corrected chi connectivity index (χ1v) is 13.7. The Kier molecular flexibility index (Phi) is 6.22. The Labute approximate surface area is 208 Å². The summed E-state index contributed by atoms with van der Waals surface area (Å²) in [7, 11) is 0. The maximum absolute atomic E-state index is 13.5. The molecule has 2 saturated carbocycles. The molecule has 1 aliphatic heterocycles. The van der Waals surface area contributed by atoms with Crippen LogP contribution in [0, 0.1) is 5.82 Å². The Balaban J connectivity index is 1.20. The number of carbonyl (C=O) groups is 1. The summed E-state index contributed by atoms with van der Waals surface area (Å²) in [6.45, 7) is 2.89. The summed E-state index contributed by atoms with van der Waals surface area (Å²) < 4.78 is 15.4. The molecule has 0 bridgehead atoms. The maximum atomic E-state index is 13.5. The second kappa shape index (κ2) is 9.64. The molecule has 3 heterocycles. The van der Waals surface area contributed by atoms with Crippen LogP contribution in [-0.4, -0.2) is 63.8 Å². The number of fused-ring (bicyclic) bond motifs is 1. The van der Waals surface area contributed by atoms with E-state index < -0.39 is 0 Å². The number of hydrogen-bond acceptors (Lipinski definition) is 6. The predicted molar refractivity (Wildman–Crippen MR) is 137 cm³/mol. The molecule has 2 aliphatic carbocycles. The molecule has 1 aromatic carbocycles. The van der Waals surface area contributed by atoms with Gasteiger partial charge in [0.25, 0.3) is 0 Å². The van der Waals surface area contributed by atoms with Crippen LogP contribution in [0.2, 0.25) is 0 Å². The smallest absolute Gasteiger partial charge is 0.317 e. The maximum Gasteiger partial charge on any atom is 0.317 e. The first-order chi connectivity index (χ1) is 17.1. The lowest BCUT2D eigenvalue weighted by atomic mass is 10.1. The number of benzene rings is 1. The highest BCUT2D eigenvalue weighted by Gasteiger charge is 2.28. The first-order valence-electron chi connectivity index (χ1n) is 12.9. The van der Waals surface area contributed by atoms with Gasteiger partial charge in [0.1, 0.15) is 11.5 Å². The fraction of sp³-hybridized carbons (Fsp3) is 0.560. The van der Waals surface area contributed by atoms with Gasteiger partial charge in [0.05, 0.1) is 0 Å². The lowest BCUT2D eigenvalue weighted by Gasteiger charge is -2.34. The van der Waals surface area contributed by atoms with Crippen molar-refractivity contribution in [3.05, 3.63) is 30.1 Å². The Hall–Kier alpha value is -2.88. The van der Waals surface area contributed by atoms with Crippen molar-refractivity contribution in [1.29, 1.82) is 0 Å². The Bertz CT molecular complexity index is 1170. The molecule has 3 aromatic rings. The fourth-order valence-corrected chi connectivity index (χ4v) is 6.46. The second-order valence-electron chi connectivity index (χ2n) is 9.93. The molecular weight excluding hydrogens is 465 g/mol. The number of urea groups is 1. The number of halogens is 1. The van der Waals surface area contributed by atoms with Gasteiger partial charge in [-0.3, -0.25) is 0 Å². The highest BCUT2D eigenvalue weighted by molar-refractivity contribution is 7.20. The number of imidazole rings is 1. The largest absolute Gasteiger partial charge is 0.365 e. The Morgan fingerprint density at radius 1 is 0.943 bits per heavy atom. The summed E-state index contributed by atoms with van der Waals surface area (Å²) in [6.07, 6.45) is 9.36. The number of nitrogens with one attached hydrogen (secondary N) is 2. The third-order valence-electron chi connectivity index (χ3n) is 7.53. The second-order valence-corrected chi connectivity index (χ2v) is 10.9. The van der Waals surface area contributed by atoms with E-state index in [2.05, 4.69) is 15.5 Å². The minimum absolute atomic E-state index is 0.0671. The van der Waals surface area contributed by atoms with E-state index in [1.807, 2.05) is 9.42 Å². The summed E-state index contributed by atoms with van der Waals surface area (Å²) >= 11 is 1.56. The summed E-state index contributed by atoms with van der Waals surface area (Å²) in [5.74, 6) is 0.632. The lowest BCUT2D eigenvalue weighted by molar-refractivity contribution is 0.190. The van der Waals surface area contributed by atoms with Crippen LogP contribution in [0.1, 0.15) is 51.4 Å². The molecule has 2 aromatic heterocycles. The van der Waals surface area contributed by atoms with Crippen molar-refractivity contribution >= 4 is 33.3 Å². The average Bonchev–Trinajstić information content (AvgIpc) is 3.67. The lowest BCUT2D eigenvalue weighted by Crippen LogP contribution is -2.53. The van der Waals surface area contributed by atoms with Crippen molar-refractivity contribution in [2.24, 2.45) is 0 Å². The van der Waals surface area contributed by atoms with E-state index >= 15 is 0 Å². The van der Waals surface area contributed by atoms with Gasteiger partial charge in [-0.2, -0.15) is 4.52 Å². The Morgan fingerprint density at radius 3 is 2.29 bits per heavy atom. The molecule has 186 valence electrons. The van der Waals surface area contributed by atoms with Crippen LogP contribution < -0.4 is 15.5 Å². The van der Waals surface area contributed by atoms with E-state index in [1.54, 1.807) is 23.5 Å². The van der Waals surface area contributed by atoms with Crippen LogP contribution in [0.4, 0.5) is 20.1 Å². The highest BCUT2D eigenvalue weighted by atomic mass is 32.1. The topological polar surface area (TPSA) is 77.8 Å². The van der Waals surface area contributed by atoms with Crippen molar-refractivity contribution in [2.45, 2.75) is 63.5 Å². The van der Waals surface area contributed by atoms with Gasteiger partial charge in [0.2, 0.25) is 10.1 Å². The van der Waals surface area contributed by atoms with Crippen molar-refractivity contribution in [2.75, 3.05) is 36.4 Å². The third kappa shape index (κ3) is 4.68. The number of anilines is 2. The zero-order valence-electron chi connectivity index (χ0n) is 19.9. The van der Waals surface area contributed by atoms with E-state index in [-0.39, 0.29) is 11.8 Å². The molecule has 1 saturated heterocycles. The summed E-state index contributed by atoms with van der Waals surface area (Å²) in [5.41, 5.74) is 1.70.